The number of oxime groups is 1. The minimum absolute atomic E-state index is 0.0577. The first-order chi connectivity index (χ1) is 17.8. The number of carbonyl (C=O) groups excluding carboxylic acids is 1. The van der Waals surface area contributed by atoms with Gasteiger partial charge in [-0.2, -0.15) is 13.2 Å². The Balaban J connectivity index is 1.61. The Hall–Kier alpha value is -4.18. The summed E-state index contributed by atoms with van der Waals surface area (Å²) in [5.74, 6) is -1.59. The average molecular weight is 529 g/mol. The van der Waals surface area contributed by atoms with E-state index in [1.165, 1.54) is 36.4 Å². The summed E-state index contributed by atoms with van der Waals surface area (Å²) >= 11 is 5.96. The standard InChI is InChI=1S/C26H20ClF3N4O3/c1-36-19-12-6-16(7-13-19)14-37-32-15-31-25(35)22(17-8-10-18(27)11-9-17)23-24(26(28,29)30)34-21-5-3-2-4-20(21)33-23/h2-13,15,22H,14H2,1H3,(H,31,32,35). The van der Waals surface area contributed by atoms with E-state index < -0.39 is 29.4 Å². The van der Waals surface area contributed by atoms with Gasteiger partial charge in [0.15, 0.2) is 5.69 Å². The molecule has 0 aliphatic heterocycles. The maximum Gasteiger partial charge on any atom is 0.435 e. The van der Waals surface area contributed by atoms with Gasteiger partial charge in [0.2, 0.25) is 5.91 Å². The van der Waals surface area contributed by atoms with Crippen molar-refractivity contribution in [2.45, 2.75) is 18.7 Å². The van der Waals surface area contributed by atoms with Crippen molar-refractivity contribution in [1.29, 1.82) is 0 Å². The van der Waals surface area contributed by atoms with Crippen molar-refractivity contribution < 1.29 is 27.5 Å². The van der Waals surface area contributed by atoms with Gasteiger partial charge in [0.1, 0.15) is 24.6 Å². The number of aromatic nitrogens is 2. The molecule has 0 bridgehead atoms. The van der Waals surface area contributed by atoms with Crippen LogP contribution in [0.1, 0.15) is 28.4 Å². The highest BCUT2D eigenvalue weighted by Crippen LogP contribution is 2.37. The van der Waals surface area contributed by atoms with E-state index in [0.717, 1.165) is 11.9 Å². The summed E-state index contributed by atoms with van der Waals surface area (Å²) in [7, 11) is 1.55. The first-order valence-electron chi connectivity index (χ1n) is 10.9. The second-order valence-electron chi connectivity index (χ2n) is 7.79. The van der Waals surface area contributed by atoms with Crippen LogP contribution in [0.2, 0.25) is 5.02 Å². The van der Waals surface area contributed by atoms with E-state index in [9.17, 15) is 18.0 Å². The van der Waals surface area contributed by atoms with Crippen LogP contribution in [0.5, 0.6) is 5.75 Å². The van der Waals surface area contributed by atoms with E-state index in [2.05, 4.69) is 20.4 Å². The molecule has 3 aromatic carbocycles. The topological polar surface area (TPSA) is 85.7 Å². The quantitative estimate of drug-likeness (QED) is 0.180. The number of nitrogens with zero attached hydrogens (tertiary/aromatic N) is 3. The molecule has 1 N–H and O–H groups in total. The Bertz CT molecular complexity index is 1410. The molecule has 1 heterocycles. The first-order valence-corrected chi connectivity index (χ1v) is 11.3. The number of nitrogens with one attached hydrogen (secondary N) is 1. The lowest BCUT2D eigenvalue weighted by atomic mass is 9.92. The Labute approximate surface area is 214 Å². The summed E-state index contributed by atoms with van der Waals surface area (Å²) in [5, 5.41) is 6.43. The Morgan fingerprint density at radius 1 is 1.03 bits per heavy atom. The number of carbonyl (C=O) groups is 1. The molecular weight excluding hydrogens is 509 g/mol. The van der Waals surface area contributed by atoms with Crippen LogP contribution < -0.4 is 10.1 Å². The van der Waals surface area contributed by atoms with Crippen molar-refractivity contribution in [3.8, 4) is 5.75 Å². The zero-order chi connectivity index (χ0) is 26.4. The van der Waals surface area contributed by atoms with Crippen LogP contribution in [0.15, 0.2) is 78.0 Å². The second-order valence-corrected chi connectivity index (χ2v) is 8.23. The van der Waals surface area contributed by atoms with Crippen LogP contribution in [-0.2, 0) is 22.4 Å². The number of ether oxygens (including phenoxy) is 1. The molecule has 4 aromatic rings. The number of hydrogen-bond acceptors (Lipinski definition) is 6. The lowest BCUT2D eigenvalue weighted by Gasteiger charge is -2.20. The molecule has 0 aliphatic carbocycles. The Morgan fingerprint density at radius 3 is 2.30 bits per heavy atom. The monoisotopic (exact) mass is 528 g/mol. The molecule has 0 aliphatic rings. The third kappa shape index (κ3) is 6.34. The fourth-order valence-corrected chi connectivity index (χ4v) is 3.68. The van der Waals surface area contributed by atoms with E-state index in [4.69, 9.17) is 21.2 Å². The van der Waals surface area contributed by atoms with E-state index in [1.54, 1.807) is 43.5 Å². The van der Waals surface area contributed by atoms with E-state index >= 15 is 0 Å². The van der Waals surface area contributed by atoms with Crippen molar-refractivity contribution in [2.75, 3.05) is 7.11 Å². The molecule has 0 radical (unpaired) electrons. The zero-order valence-corrected chi connectivity index (χ0v) is 20.1. The van der Waals surface area contributed by atoms with Crippen molar-refractivity contribution in [3.05, 3.63) is 100 Å². The maximum atomic E-state index is 14.0. The molecule has 1 aromatic heterocycles. The number of halogens is 4. The number of para-hydroxylation sites is 2. The van der Waals surface area contributed by atoms with Gasteiger partial charge in [-0.3, -0.25) is 4.79 Å². The number of amides is 1. The largest absolute Gasteiger partial charge is 0.497 e. The van der Waals surface area contributed by atoms with Crippen LogP contribution in [0.4, 0.5) is 13.2 Å². The van der Waals surface area contributed by atoms with Crippen molar-refractivity contribution >= 4 is 34.9 Å². The summed E-state index contributed by atoms with van der Waals surface area (Å²) in [6.45, 7) is 0.103. The maximum absolute atomic E-state index is 14.0. The van der Waals surface area contributed by atoms with Crippen LogP contribution in [-0.4, -0.2) is 29.3 Å². The van der Waals surface area contributed by atoms with Gasteiger partial charge in [0.05, 0.1) is 23.8 Å². The lowest BCUT2D eigenvalue weighted by Crippen LogP contribution is -2.31. The van der Waals surface area contributed by atoms with Gasteiger partial charge in [0.25, 0.3) is 0 Å². The molecule has 0 spiro atoms. The SMILES string of the molecule is COc1ccc(CON=CNC(=O)C(c2ccc(Cl)cc2)c2nc3ccccc3nc2C(F)(F)F)cc1. The molecule has 1 unspecified atom stereocenters. The van der Waals surface area contributed by atoms with Crippen LogP contribution in [0, 0.1) is 0 Å². The molecule has 0 fully saturated rings. The molecule has 4 rings (SSSR count). The number of rotatable bonds is 8. The number of fused-ring (bicyclic) bond motifs is 1. The van der Waals surface area contributed by atoms with Gasteiger partial charge in [-0.1, -0.05) is 53.2 Å². The first kappa shape index (κ1) is 25.9. The average Bonchev–Trinajstić information content (AvgIpc) is 2.89. The Kier molecular flexibility index (Phi) is 7.88. The summed E-state index contributed by atoms with van der Waals surface area (Å²) < 4.78 is 47.2. The molecule has 0 saturated carbocycles. The molecule has 1 atom stereocenters. The predicted octanol–water partition coefficient (Wildman–Crippen LogP) is 5.72. The molecule has 1 amide bonds. The van der Waals surface area contributed by atoms with Crippen LogP contribution >= 0.6 is 11.6 Å². The van der Waals surface area contributed by atoms with Gasteiger partial charge in [0, 0.05) is 5.02 Å². The fraction of sp³-hybridized carbons (Fsp3) is 0.154. The molecular formula is C26H20ClF3N4O3. The van der Waals surface area contributed by atoms with Gasteiger partial charge in [-0.25, -0.2) is 9.97 Å². The minimum Gasteiger partial charge on any atom is -0.497 e. The number of alkyl halides is 3. The number of benzene rings is 3. The number of hydrogen-bond donors (Lipinski definition) is 1. The van der Waals surface area contributed by atoms with Gasteiger partial charge < -0.3 is 14.9 Å². The lowest BCUT2D eigenvalue weighted by molar-refractivity contribution is -0.142. The normalized spacial score (nSPS) is 12.5. The molecule has 190 valence electrons. The van der Waals surface area contributed by atoms with E-state index in [0.29, 0.717) is 10.8 Å². The smallest absolute Gasteiger partial charge is 0.435 e. The molecule has 7 nitrogen and oxygen atoms in total. The number of methoxy groups -OCH3 is 1. The summed E-state index contributed by atoms with van der Waals surface area (Å²) in [6.07, 6.45) is -3.89. The molecule has 11 heteroatoms. The highest BCUT2D eigenvalue weighted by molar-refractivity contribution is 6.30. The fourth-order valence-electron chi connectivity index (χ4n) is 3.56. The van der Waals surface area contributed by atoms with Crippen LogP contribution in [0.25, 0.3) is 11.0 Å². The van der Waals surface area contributed by atoms with Gasteiger partial charge in [-0.05, 0) is 47.5 Å². The van der Waals surface area contributed by atoms with Crippen molar-refractivity contribution in [3.63, 3.8) is 0 Å². The van der Waals surface area contributed by atoms with E-state index in [-0.39, 0.29) is 23.2 Å². The van der Waals surface area contributed by atoms with Gasteiger partial charge in [-0.15, -0.1) is 0 Å². The molecule has 37 heavy (non-hydrogen) atoms. The third-order valence-electron chi connectivity index (χ3n) is 5.33. The molecule has 0 saturated heterocycles. The van der Waals surface area contributed by atoms with Crippen molar-refractivity contribution in [1.82, 2.24) is 15.3 Å². The van der Waals surface area contributed by atoms with E-state index in [1.807, 2.05) is 0 Å². The minimum atomic E-state index is -4.85. The summed E-state index contributed by atoms with van der Waals surface area (Å²) in [5.41, 5.74) is -0.488. The zero-order valence-electron chi connectivity index (χ0n) is 19.4. The Morgan fingerprint density at radius 2 is 1.68 bits per heavy atom. The van der Waals surface area contributed by atoms with Gasteiger partial charge >= 0.3 is 6.18 Å². The highest BCUT2D eigenvalue weighted by Gasteiger charge is 2.41. The second kappa shape index (κ2) is 11.3. The third-order valence-corrected chi connectivity index (χ3v) is 5.58. The predicted molar refractivity (Wildman–Crippen MR) is 132 cm³/mol. The summed E-state index contributed by atoms with van der Waals surface area (Å²) in [6, 6.07) is 19.1. The van der Waals surface area contributed by atoms with Crippen LogP contribution in [0.3, 0.4) is 0 Å². The van der Waals surface area contributed by atoms with Crippen molar-refractivity contribution in [2.24, 2.45) is 5.16 Å². The highest BCUT2D eigenvalue weighted by atomic mass is 35.5. The summed E-state index contributed by atoms with van der Waals surface area (Å²) in [4.78, 5) is 26.4.